The van der Waals surface area contributed by atoms with E-state index in [2.05, 4.69) is 51.3 Å². The van der Waals surface area contributed by atoms with E-state index in [0.717, 1.165) is 0 Å². The molecule has 1 aromatic carbocycles. The first-order valence-electron chi connectivity index (χ1n) is 8.03. The minimum Gasteiger partial charge on any atom is -0.307 e. The summed E-state index contributed by atoms with van der Waals surface area (Å²) in [5.74, 6) is 0. The van der Waals surface area contributed by atoms with Crippen LogP contribution in [-0.2, 0) is 6.42 Å². The van der Waals surface area contributed by atoms with Crippen molar-refractivity contribution in [2.75, 3.05) is 19.6 Å². The molecule has 1 heterocycles. The highest BCUT2D eigenvalue weighted by Crippen LogP contribution is 2.33. The van der Waals surface area contributed by atoms with E-state index in [9.17, 15) is 0 Å². The van der Waals surface area contributed by atoms with Gasteiger partial charge in [0.25, 0.3) is 0 Å². The van der Waals surface area contributed by atoms with E-state index in [1.54, 1.807) is 0 Å². The number of nitrogens with zero attached hydrogens (tertiary/aromatic N) is 1. The molecule has 3 rings (SSSR count). The molecule has 1 aliphatic carbocycles. The molecule has 0 amide bonds. The summed E-state index contributed by atoms with van der Waals surface area (Å²) in [7, 11) is 0. The van der Waals surface area contributed by atoms with Crippen LogP contribution in [0.4, 0.5) is 0 Å². The second kappa shape index (κ2) is 6.59. The van der Waals surface area contributed by atoms with E-state index in [1.807, 2.05) is 0 Å². The predicted octanol–water partition coefficient (Wildman–Crippen LogP) is 3.90. The van der Waals surface area contributed by atoms with Crippen LogP contribution in [0.25, 0.3) is 0 Å². The Morgan fingerprint density at radius 3 is 2.80 bits per heavy atom. The van der Waals surface area contributed by atoms with Gasteiger partial charge in [0, 0.05) is 16.6 Å². The number of rotatable bonds is 4. The number of halogens is 1. The molecule has 20 heavy (non-hydrogen) atoms. The van der Waals surface area contributed by atoms with E-state index in [1.165, 1.54) is 67.3 Å². The molecule has 1 fully saturated rings. The summed E-state index contributed by atoms with van der Waals surface area (Å²) in [6, 6.07) is 8.07. The average Bonchev–Trinajstić information content (AvgIpc) is 2.83. The highest BCUT2D eigenvalue weighted by molar-refractivity contribution is 9.10. The van der Waals surface area contributed by atoms with E-state index in [-0.39, 0.29) is 0 Å². The molecule has 1 saturated heterocycles. The smallest absolute Gasteiger partial charge is 0.0328 e. The fourth-order valence-electron chi connectivity index (χ4n) is 3.68. The molecule has 1 N–H and O–H groups in total. The quantitative estimate of drug-likeness (QED) is 0.896. The minimum atomic E-state index is 0.584. The molecule has 2 nitrogen and oxygen atoms in total. The Labute approximate surface area is 131 Å². The van der Waals surface area contributed by atoms with Crippen LogP contribution in [0.1, 0.15) is 49.8 Å². The van der Waals surface area contributed by atoms with Crippen LogP contribution >= 0.6 is 15.9 Å². The third-order valence-electron chi connectivity index (χ3n) is 4.75. The van der Waals surface area contributed by atoms with Gasteiger partial charge < -0.3 is 10.2 Å². The SMILES string of the molecule is CCCN1CCC(NC2CCc3cc(Br)ccc32)CC1. The van der Waals surface area contributed by atoms with E-state index < -0.39 is 0 Å². The van der Waals surface area contributed by atoms with Crippen LogP contribution in [0.2, 0.25) is 0 Å². The molecule has 0 spiro atoms. The van der Waals surface area contributed by atoms with Crippen LogP contribution < -0.4 is 5.32 Å². The molecule has 110 valence electrons. The Hall–Kier alpha value is -0.380. The lowest BCUT2D eigenvalue weighted by molar-refractivity contribution is 0.191. The van der Waals surface area contributed by atoms with Crippen molar-refractivity contribution >= 4 is 15.9 Å². The van der Waals surface area contributed by atoms with Crippen molar-refractivity contribution in [2.45, 2.75) is 51.1 Å². The Balaban J connectivity index is 1.56. The van der Waals surface area contributed by atoms with Crippen LogP contribution in [0, 0.1) is 0 Å². The third kappa shape index (κ3) is 3.26. The molecule has 3 heteroatoms. The summed E-state index contributed by atoms with van der Waals surface area (Å²) in [4.78, 5) is 2.61. The van der Waals surface area contributed by atoms with Gasteiger partial charge >= 0.3 is 0 Å². The number of aryl methyl sites for hydroxylation is 1. The molecule has 1 atom stereocenters. The van der Waals surface area contributed by atoms with Gasteiger partial charge in [0.15, 0.2) is 0 Å². The number of nitrogens with one attached hydrogen (secondary N) is 1. The van der Waals surface area contributed by atoms with Crippen molar-refractivity contribution < 1.29 is 0 Å². The fraction of sp³-hybridized carbons (Fsp3) is 0.647. The zero-order chi connectivity index (χ0) is 13.9. The van der Waals surface area contributed by atoms with Gasteiger partial charge in [-0.05, 0) is 75.0 Å². The Bertz CT molecular complexity index is 452. The van der Waals surface area contributed by atoms with Gasteiger partial charge in [-0.3, -0.25) is 0 Å². The maximum Gasteiger partial charge on any atom is 0.0328 e. The van der Waals surface area contributed by atoms with Gasteiger partial charge in [-0.15, -0.1) is 0 Å². The summed E-state index contributed by atoms with van der Waals surface area (Å²) >= 11 is 3.58. The maximum atomic E-state index is 3.91. The maximum absolute atomic E-state index is 3.91. The van der Waals surface area contributed by atoms with Gasteiger partial charge in [0.05, 0.1) is 0 Å². The topological polar surface area (TPSA) is 15.3 Å². The van der Waals surface area contributed by atoms with Crippen molar-refractivity contribution in [3.63, 3.8) is 0 Å². The molecule has 1 aliphatic heterocycles. The second-order valence-corrected chi connectivity index (χ2v) is 7.13. The Morgan fingerprint density at radius 2 is 2.05 bits per heavy atom. The largest absolute Gasteiger partial charge is 0.307 e. The van der Waals surface area contributed by atoms with Crippen molar-refractivity contribution in [1.82, 2.24) is 10.2 Å². The molecule has 0 bridgehead atoms. The van der Waals surface area contributed by atoms with E-state index in [4.69, 9.17) is 0 Å². The van der Waals surface area contributed by atoms with Gasteiger partial charge in [-0.1, -0.05) is 28.9 Å². The zero-order valence-electron chi connectivity index (χ0n) is 12.4. The van der Waals surface area contributed by atoms with Gasteiger partial charge in [-0.2, -0.15) is 0 Å². The highest BCUT2D eigenvalue weighted by Gasteiger charge is 2.26. The summed E-state index contributed by atoms with van der Waals surface area (Å²) < 4.78 is 1.21. The number of benzene rings is 1. The molecule has 0 aromatic heterocycles. The summed E-state index contributed by atoms with van der Waals surface area (Å²) in [5.41, 5.74) is 3.06. The first kappa shape index (κ1) is 14.6. The van der Waals surface area contributed by atoms with Crippen molar-refractivity contribution in [1.29, 1.82) is 0 Å². The highest BCUT2D eigenvalue weighted by atomic mass is 79.9. The molecule has 0 saturated carbocycles. The molecular formula is C17H25BrN2. The van der Waals surface area contributed by atoms with Gasteiger partial charge in [0.2, 0.25) is 0 Å². The number of fused-ring (bicyclic) bond motifs is 1. The lowest BCUT2D eigenvalue weighted by Gasteiger charge is -2.34. The molecule has 1 aromatic rings. The second-order valence-electron chi connectivity index (χ2n) is 6.22. The Morgan fingerprint density at radius 1 is 1.25 bits per heavy atom. The van der Waals surface area contributed by atoms with Gasteiger partial charge in [0.1, 0.15) is 0 Å². The third-order valence-corrected chi connectivity index (χ3v) is 5.24. The fourth-order valence-corrected chi connectivity index (χ4v) is 4.09. The Kier molecular flexibility index (Phi) is 4.79. The zero-order valence-corrected chi connectivity index (χ0v) is 14.0. The average molecular weight is 337 g/mol. The van der Waals surface area contributed by atoms with Crippen LogP contribution in [-0.4, -0.2) is 30.6 Å². The normalized spacial score (nSPS) is 24.0. The molecule has 1 unspecified atom stereocenters. The van der Waals surface area contributed by atoms with Crippen LogP contribution in [0.15, 0.2) is 22.7 Å². The predicted molar refractivity (Wildman–Crippen MR) is 88.1 cm³/mol. The summed E-state index contributed by atoms with van der Waals surface area (Å²) in [5, 5.41) is 3.91. The molecule has 0 radical (unpaired) electrons. The van der Waals surface area contributed by atoms with Crippen LogP contribution in [0.3, 0.4) is 0 Å². The monoisotopic (exact) mass is 336 g/mol. The summed E-state index contributed by atoms with van der Waals surface area (Å²) in [6.45, 7) is 6.09. The number of hydrogen-bond donors (Lipinski definition) is 1. The van der Waals surface area contributed by atoms with Crippen molar-refractivity contribution in [3.8, 4) is 0 Å². The lowest BCUT2D eigenvalue weighted by atomic mass is 10.0. The van der Waals surface area contributed by atoms with Crippen molar-refractivity contribution in [2.24, 2.45) is 0 Å². The summed E-state index contributed by atoms with van der Waals surface area (Å²) in [6.07, 6.45) is 6.38. The first-order valence-corrected chi connectivity index (χ1v) is 8.82. The molecule has 2 aliphatic rings. The van der Waals surface area contributed by atoms with E-state index >= 15 is 0 Å². The number of piperidine rings is 1. The molecular weight excluding hydrogens is 312 g/mol. The standard InChI is InChI=1S/C17H25BrN2/c1-2-9-20-10-7-15(8-11-20)19-17-6-3-13-12-14(18)4-5-16(13)17/h4-5,12,15,17,19H,2-3,6-11H2,1H3. The number of likely N-dealkylation sites (tertiary alicyclic amines) is 1. The lowest BCUT2D eigenvalue weighted by Crippen LogP contribution is -2.43. The van der Waals surface area contributed by atoms with Crippen molar-refractivity contribution in [3.05, 3.63) is 33.8 Å². The van der Waals surface area contributed by atoms with Crippen LogP contribution in [0.5, 0.6) is 0 Å². The van der Waals surface area contributed by atoms with Gasteiger partial charge in [-0.25, -0.2) is 0 Å². The minimum absolute atomic E-state index is 0.584. The number of hydrogen-bond acceptors (Lipinski definition) is 2. The van der Waals surface area contributed by atoms with E-state index in [0.29, 0.717) is 12.1 Å². The first-order chi connectivity index (χ1) is 9.76.